The van der Waals surface area contributed by atoms with Crippen LogP contribution in [0.25, 0.3) is 17.3 Å². The van der Waals surface area contributed by atoms with Gasteiger partial charge in [-0.3, -0.25) is 10.1 Å². The molecule has 1 aromatic carbocycles. The molecule has 1 amide bonds. The molecule has 0 fully saturated rings. The van der Waals surface area contributed by atoms with Crippen molar-refractivity contribution in [3.05, 3.63) is 65.4 Å². The molecule has 0 aliphatic rings. The first-order chi connectivity index (χ1) is 10.7. The van der Waals surface area contributed by atoms with Gasteiger partial charge in [-0.2, -0.15) is 0 Å². The number of carbonyl (C=O) groups excluding carboxylic acids is 1. The number of amides is 1. The Balaban J connectivity index is 1.72. The molecule has 0 atom stereocenters. The van der Waals surface area contributed by atoms with Crippen LogP contribution in [0.5, 0.6) is 0 Å². The highest BCUT2D eigenvalue weighted by Crippen LogP contribution is 2.30. The molecule has 0 saturated heterocycles. The molecule has 1 N–H and O–H groups in total. The van der Waals surface area contributed by atoms with E-state index in [0.717, 1.165) is 16.1 Å². The zero-order chi connectivity index (χ0) is 15.4. The van der Waals surface area contributed by atoms with E-state index in [0.29, 0.717) is 10.9 Å². The van der Waals surface area contributed by atoms with Crippen LogP contribution in [0.3, 0.4) is 0 Å². The summed E-state index contributed by atoms with van der Waals surface area (Å²) in [7, 11) is 0. The van der Waals surface area contributed by atoms with Gasteiger partial charge in [-0.05, 0) is 25.1 Å². The molecule has 22 heavy (non-hydrogen) atoms. The van der Waals surface area contributed by atoms with Gasteiger partial charge in [0.15, 0.2) is 5.13 Å². The first kappa shape index (κ1) is 14.3. The Morgan fingerprint density at radius 2 is 2.05 bits per heavy atom. The molecule has 0 unspecified atom stereocenters. The highest BCUT2D eigenvalue weighted by atomic mass is 32.1. The molecule has 3 aromatic rings. The van der Waals surface area contributed by atoms with Crippen molar-refractivity contribution in [2.45, 2.75) is 6.92 Å². The summed E-state index contributed by atoms with van der Waals surface area (Å²) in [5.41, 5.74) is 1.94. The molecule has 3 rings (SSSR count). The largest absolute Gasteiger partial charge is 0.465 e. The fourth-order valence-corrected chi connectivity index (χ4v) is 2.84. The number of carbonyl (C=O) groups is 1. The second-order valence-corrected chi connectivity index (χ2v) is 5.83. The molecule has 0 aliphatic carbocycles. The van der Waals surface area contributed by atoms with E-state index in [1.807, 2.05) is 37.3 Å². The van der Waals surface area contributed by atoms with Crippen molar-refractivity contribution in [2.75, 3.05) is 5.32 Å². The lowest BCUT2D eigenvalue weighted by Crippen LogP contribution is -2.07. The topological polar surface area (TPSA) is 55.1 Å². The number of aryl methyl sites for hydroxylation is 1. The normalized spacial score (nSPS) is 11.0. The number of furan rings is 1. The molecule has 0 radical (unpaired) electrons. The monoisotopic (exact) mass is 310 g/mol. The Bertz CT molecular complexity index is 789. The Morgan fingerprint density at radius 3 is 2.77 bits per heavy atom. The predicted molar refractivity (Wildman–Crippen MR) is 88.7 cm³/mol. The fraction of sp³-hybridized carbons (Fsp3) is 0.0588. The summed E-state index contributed by atoms with van der Waals surface area (Å²) in [4.78, 5) is 17.5. The lowest BCUT2D eigenvalue weighted by Gasteiger charge is -1.97. The zero-order valence-electron chi connectivity index (χ0n) is 11.9. The molecule has 4 nitrogen and oxygen atoms in total. The third-order valence-electron chi connectivity index (χ3n) is 3.02. The third-order valence-corrected chi connectivity index (χ3v) is 3.90. The molecule has 2 heterocycles. The maximum atomic E-state index is 11.9. The van der Waals surface area contributed by atoms with E-state index in [2.05, 4.69) is 10.3 Å². The number of benzene rings is 1. The zero-order valence-corrected chi connectivity index (χ0v) is 12.8. The number of aromatic nitrogens is 1. The predicted octanol–water partition coefficient (Wildman–Crippen LogP) is 4.36. The smallest absolute Gasteiger partial charge is 0.250 e. The van der Waals surface area contributed by atoms with Gasteiger partial charge in [-0.1, -0.05) is 30.3 Å². The maximum Gasteiger partial charge on any atom is 0.250 e. The van der Waals surface area contributed by atoms with E-state index < -0.39 is 0 Å². The summed E-state index contributed by atoms with van der Waals surface area (Å²) < 4.78 is 5.14. The third kappa shape index (κ3) is 3.32. The molecule has 110 valence electrons. The molecule has 0 aliphatic heterocycles. The van der Waals surface area contributed by atoms with Gasteiger partial charge in [0.1, 0.15) is 5.76 Å². The SMILES string of the molecule is Cc1sc(NC(=O)/C=C/c2ccco2)nc1-c1ccccc1. The standard InChI is InChI=1S/C17H14N2O2S/c1-12-16(13-6-3-2-4-7-13)19-17(22-12)18-15(20)10-9-14-8-5-11-21-14/h2-11H,1H3,(H,18,19,20)/b10-9+. The number of hydrogen-bond acceptors (Lipinski definition) is 4. The number of hydrogen-bond donors (Lipinski definition) is 1. The van der Waals surface area contributed by atoms with Crippen molar-refractivity contribution in [3.8, 4) is 11.3 Å². The van der Waals surface area contributed by atoms with E-state index >= 15 is 0 Å². The molecule has 5 heteroatoms. The minimum atomic E-state index is -0.232. The summed E-state index contributed by atoms with van der Waals surface area (Å²) in [6.07, 6.45) is 4.61. The van der Waals surface area contributed by atoms with E-state index in [1.165, 1.54) is 17.4 Å². The van der Waals surface area contributed by atoms with Crippen LogP contribution in [0.4, 0.5) is 5.13 Å². The van der Waals surface area contributed by atoms with Crippen molar-refractivity contribution >= 4 is 28.5 Å². The lowest BCUT2D eigenvalue weighted by molar-refractivity contribution is -0.111. The van der Waals surface area contributed by atoms with Crippen molar-refractivity contribution < 1.29 is 9.21 Å². The molecule has 0 saturated carbocycles. The van der Waals surface area contributed by atoms with Gasteiger partial charge in [0, 0.05) is 16.5 Å². The number of nitrogens with one attached hydrogen (secondary N) is 1. The lowest BCUT2D eigenvalue weighted by atomic mass is 10.1. The summed E-state index contributed by atoms with van der Waals surface area (Å²) in [5.74, 6) is 0.403. The van der Waals surface area contributed by atoms with Crippen LogP contribution >= 0.6 is 11.3 Å². The molecular formula is C17H14N2O2S. The average Bonchev–Trinajstić information content (AvgIpc) is 3.16. The minimum absolute atomic E-state index is 0.232. The maximum absolute atomic E-state index is 11.9. The van der Waals surface area contributed by atoms with Gasteiger partial charge in [0.2, 0.25) is 5.91 Å². The second kappa shape index (κ2) is 6.41. The summed E-state index contributed by atoms with van der Waals surface area (Å²) in [6.45, 7) is 1.99. The van der Waals surface area contributed by atoms with Crippen molar-refractivity contribution in [3.63, 3.8) is 0 Å². The number of rotatable bonds is 4. The summed E-state index contributed by atoms with van der Waals surface area (Å²) in [6, 6.07) is 13.5. The summed E-state index contributed by atoms with van der Waals surface area (Å²) >= 11 is 1.46. The van der Waals surface area contributed by atoms with Gasteiger partial charge < -0.3 is 4.42 Å². The Hall–Kier alpha value is -2.66. The first-order valence-corrected chi connectivity index (χ1v) is 7.59. The molecular weight excluding hydrogens is 296 g/mol. The van der Waals surface area contributed by atoms with Crippen LogP contribution < -0.4 is 5.32 Å². The van der Waals surface area contributed by atoms with Crippen LogP contribution in [0.1, 0.15) is 10.6 Å². The van der Waals surface area contributed by atoms with Crippen molar-refractivity contribution in [1.29, 1.82) is 0 Å². The van der Waals surface area contributed by atoms with Crippen LogP contribution in [0.15, 0.2) is 59.2 Å². The van der Waals surface area contributed by atoms with Crippen molar-refractivity contribution in [2.24, 2.45) is 0 Å². The van der Waals surface area contributed by atoms with E-state index in [1.54, 1.807) is 24.5 Å². The van der Waals surface area contributed by atoms with Crippen LogP contribution in [0.2, 0.25) is 0 Å². The van der Waals surface area contributed by atoms with Crippen molar-refractivity contribution in [1.82, 2.24) is 4.98 Å². The Morgan fingerprint density at radius 1 is 1.23 bits per heavy atom. The van der Waals surface area contributed by atoms with Gasteiger partial charge in [-0.25, -0.2) is 4.98 Å². The highest BCUT2D eigenvalue weighted by molar-refractivity contribution is 7.16. The number of thiazole rings is 1. The van der Waals surface area contributed by atoms with E-state index in [4.69, 9.17) is 4.42 Å². The number of nitrogens with zero attached hydrogens (tertiary/aromatic N) is 1. The first-order valence-electron chi connectivity index (χ1n) is 6.78. The summed E-state index contributed by atoms with van der Waals surface area (Å²) in [5, 5.41) is 3.36. The fourth-order valence-electron chi connectivity index (χ4n) is 2.00. The van der Waals surface area contributed by atoms with Gasteiger partial charge in [0.05, 0.1) is 12.0 Å². The van der Waals surface area contributed by atoms with Crippen LogP contribution in [-0.4, -0.2) is 10.9 Å². The second-order valence-electron chi connectivity index (χ2n) is 4.63. The van der Waals surface area contributed by atoms with Gasteiger partial charge in [0.25, 0.3) is 0 Å². The Kier molecular flexibility index (Phi) is 4.16. The molecule has 0 spiro atoms. The van der Waals surface area contributed by atoms with Crippen LogP contribution in [-0.2, 0) is 4.79 Å². The quantitative estimate of drug-likeness (QED) is 0.728. The van der Waals surface area contributed by atoms with Gasteiger partial charge in [-0.15, -0.1) is 11.3 Å². The highest BCUT2D eigenvalue weighted by Gasteiger charge is 2.10. The number of anilines is 1. The molecule has 2 aromatic heterocycles. The molecule has 0 bridgehead atoms. The average molecular weight is 310 g/mol. The van der Waals surface area contributed by atoms with E-state index in [9.17, 15) is 4.79 Å². The Labute approximate surface area is 132 Å². The van der Waals surface area contributed by atoms with Crippen LogP contribution in [0, 0.1) is 6.92 Å². The van der Waals surface area contributed by atoms with Gasteiger partial charge >= 0.3 is 0 Å². The minimum Gasteiger partial charge on any atom is -0.465 e. The van der Waals surface area contributed by atoms with E-state index in [-0.39, 0.29) is 5.91 Å².